The Hall–Kier alpha value is -2.25. The van der Waals surface area contributed by atoms with Crippen LogP contribution >= 0.6 is 0 Å². The minimum atomic E-state index is -0.482. The summed E-state index contributed by atoms with van der Waals surface area (Å²) in [6, 6.07) is 1.91. The number of aromatic nitrogens is 2. The largest absolute Gasteiger partial charge is 0.444 e. The summed E-state index contributed by atoms with van der Waals surface area (Å²) < 4.78 is 7.05. The van der Waals surface area contributed by atoms with E-state index < -0.39 is 11.7 Å². The summed E-state index contributed by atoms with van der Waals surface area (Å²) in [4.78, 5) is 15.6. The van der Waals surface area contributed by atoms with Crippen molar-refractivity contribution in [3.05, 3.63) is 18.5 Å². The first-order valence-corrected chi connectivity index (χ1v) is 7.79. The van der Waals surface area contributed by atoms with Gasteiger partial charge in [-0.15, -0.1) is 0 Å². The molecule has 8 nitrogen and oxygen atoms in total. The summed E-state index contributed by atoms with van der Waals surface area (Å²) in [7, 11) is 1.71. The lowest BCUT2D eigenvalue weighted by Crippen LogP contribution is -2.42. The Morgan fingerprint density at radius 2 is 1.91 bits per heavy atom. The third kappa shape index (κ3) is 9.38. The van der Waals surface area contributed by atoms with Gasteiger partial charge in [-0.1, -0.05) is 0 Å². The predicted octanol–water partition coefficient (Wildman–Crippen LogP) is 0.963. The van der Waals surface area contributed by atoms with Gasteiger partial charge in [-0.3, -0.25) is 9.67 Å². The van der Waals surface area contributed by atoms with Crippen molar-refractivity contribution >= 4 is 12.1 Å². The Balaban J connectivity index is 2.08. The van der Waals surface area contributed by atoms with Crippen LogP contribution in [-0.2, 0) is 11.3 Å². The second kappa shape index (κ2) is 9.70. The number of alkyl carbamates (subject to hydrolysis) is 1. The number of hydrogen-bond donors (Lipinski definition) is 3. The zero-order chi connectivity index (χ0) is 17.1. The van der Waals surface area contributed by atoms with E-state index in [1.54, 1.807) is 13.2 Å². The fraction of sp³-hybridized carbons (Fsp3) is 0.667. The molecule has 0 bridgehead atoms. The average Bonchev–Trinajstić information content (AvgIpc) is 2.97. The van der Waals surface area contributed by atoms with Crippen molar-refractivity contribution in [2.24, 2.45) is 4.99 Å². The minimum Gasteiger partial charge on any atom is -0.444 e. The molecule has 0 unspecified atom stereocenters. The second-order valence-corrected chi connectivity index (χ2v) is 5.98. The first-order chi connectivity index (χ1) is 10.9. The Kier molecular flexibility index (Phi) is 7.93. The molecule has 0 aromatic carbocycles. The van der Waals surface area contributed by atoms with Crippen LogP contribution < -0.4 is 16.0 Å². The first kappa shape index (κ1) is 18.8. The average molecular weight is 324 g/mol. The first-order valence-electron chi connectivity index (χ1n) is 7.79. The molecular weight excluding hydrogens is 296 g/mol. The number of aryl methyl sites for hydroxylation is 1. The summed E-state index contributed by atoms with van der Waals surface area (Å²) in [5.41, 5.74) is -0.482. The predicted molar refractivity (Wildman–Crippen MR) is 90.4 cm³/mol. The number of hydrogen-bond acceptors (Lipinski definition) is 4. The molecule has 0 atom stereocenters. The van der Waals surface area contributed by atoms with Crippen LogP contribution in [0.25, 0.3) is 0 Å². The molecule has 0 aliphatic rings. The molecule has 0 fully saturated rings. The highest BCUT2D eigenvalue weighted by Gasteiger charge is 2.15. The van der Waals surface area contributed by atoms with Gasteiger partial charge in [0.25, 0.3) is 0 Å². The molecule has 1 aromatic heterocycles. The third-order valence-corrected chi connectivity index (χ3v) is 2.72. The minimum absolute atomic E-state index is 0.415. The van der Waals surface area contributed by atoms with E-state index in [1.807, 2.05) is 37.7 Å². The number of ether oxygens (including phenoxy) is 1. The molecule has 1 heterocycles. The summed E-state index contributed by atoms with van der Waals surface area (Å²) in [6.07, 6.45) is 4.24. The Morgan fingerprint density at radius 1 is 1.22 bits per heavy atom. The molecule has 0 saturated heterocycles. The molecule has 0 radical (unpaired) electrons. The summed E-state index contributed by atoms with van der Waals surface area (Å²) in [6.45, 7) is 8.18. The van der Waals surface area contributed by atoms with Crippen molar-refractivity contribution in [2.75, 3.05) is 26.7 Å². The van der Waals surface area contributed by atoms with Crippen LogP contribution in [0, 0.1) is 0 Å². The fourth-order valence-electron chi connectivity index (χ4n) is 1.76. The number of nitrogens with one attached hydrogen (secondary N) is 3. The molecular formula is C15H28N6O2. The van der Waals surface area contributed by atoms with Crippen LogP contribution in [0.5, 0.6) is 0 Å². The second-order valence-electron chi connectivity index (χ2n) is 5.98. The summed E-state index contributed by atoms with van der Waals surface area (Å²) >= 11 is 0. The van der Waals surface area contributed by atoms with Gasteiger partial charge in [0.1, 0.15) is 5.60 Å². The van der Waals surface area contributed by atoms with Crippen molar-refractivity contribution in [2.45, 2.75) is 39.3 Å². The maximum absolute atomic E-state index is 11.5. The van der Waals surface area contributed by atoms with E-state index in [0.717, 1.165) is 19.5 Å². The van der Waals surface area contributed by atoms with Crippen LogP contribution in [0.1, 0.15) is 27.2 Å². The fourth-order valence-corrected chi connectivity index (χ4v) is 1.76. The van der Waals surface area contributed by atoms with E-state index in [-0.39, 0.29) is 0 Å². The van der Waals surface area contributed by atoms with Gasteiger partial charge in [-0.25, -0.2) is 4.79 Å². The monoisotopic (exact) mass is 324 g/mol. The van der Waals surface area contributed by atoms with Crippen molar-refractivity contribution in [3.8, 4) is 0 Å². The number of guanidine groups is 1. The Bertz CT molecular complexity index is 479. The van der Waals surface area contributed by atoms with Gasteiger partial charge in [0, 0.05) is 45.6 Å². The van der Waals surface area contributed by atoms with Gasteiger partial charge in [-0.05, 0) is 33.3 Å². The van der Waals surface area contributed by atoms with Crippen molar-refractivity contribution in [1.29, 1.82) is 0 Å². The molecule has 3 N–H and O–H groups in total. The summed E-state index contributed by atoms with van der Waals surface area (Å²) in [5, 5.41) is 13.2. The number of nitrogens with zero attached hydrogens (tertiary/aromatic N) is 3. The van der Waals surface area contributed by atoms with Crippen LogP contribution in [0.3, 0.4) is 0 Å². The van der Waals surface area contributed by atoms with Gasteiger partial charge in [0.15, 0.2) is 5.96 Å². The zero-order valence-corrected chi connectivity index (χ0v) is 14.4. The normalized spacial score (nSPS) is 11.9. The van der Waals surface area contributed by atoms with E-state index >= 15 is 0 Å². The number of carbonyl (C=O) groups excluding carboxylic acids is 1. The summed E-state index contributed by atoms with van der Waals surface area (Å²) in [5.74, 6) is 0.705. The van der Waals surface area contributed by atoms with E-state index in [4.69, 9.17) is 4.74 Å². The van der Waals surface area contributed by atoms with Crippen LogP contribution in [-0.4, -0.2) is 54.1 Å². The maximum atomic E-state index is 11.5. The Morgan fingerprint density at radius 3 is 2.52 bits per heavy atom. The SMILES string of the molecule is CN=C(NCCCn1cccn1)NCCNC(=O)OC(C)(C)C. The highest BCUT2D eigenvalue weighted by molar-refractivity contribution is 5.79. The molecule has 130 valence electrons. The van der Waals surface area contributed by atoms with Gasteiger partial charge in [0.2, 0.25) is 0 Å². The quantitative estimate of drug-likeness (QED) is 0.395. The molecule has 1 aromatic rings. The lowest BCUT2D eigenvalue weighted by molar-refractivity contribution is 0.0529. The number of aliphatic imine (C=N–C) groups is 1. The topological polar surface area (TPSA) is 92.6 Å². The standard InChI is InChI=1S/C15H28N6O2/c1-15(2,3)23-14(22)19-10-9-18-13(16-4)17-7-5-11-21-12-6-8-20-21/h6,8,12H,5,7,9-11H2,1-4H3,(H,19,22)(H2,16,17,18). The van der Waals surface area contributed by atoms with Crippen LogP contribution in [0.4, 0.5) is 4.79 Å². The number of carbonyl (C=O) groups is 1. The van der Waals surface area contributed by atoms with Crippen LogP contribution in [0.2, 0.25) is 0 Å². The van der Waals surface area contributed by atoms with Crippen molar-refractivity contribution in [1.82, 2.24) is 25.7 Å². The highest BCUT2D eigenvalue weighted by Crippen LogP contribution is 2.05. The lowest BCUT2D eigenvalue weighted by Gasteiger charge is -2.19. The van der Waals surface area contributed by atoms with E-state index in [9.17, 15) is 4.79 Å². The molecule has 23 heavy (non-hydrogen) atoms. The molecule has 0 spiro atoms. The van der Waals surface area contributed by atoms with Gasteiger partial charge < -0.3 is 20.7 Å². The van der Waals surface area contributed by atoms with E-state index in [0.29, 0.717) is 19.0 Å². The molecule has 1 amide bonds. The maximum Gasteiger partial charge on any atom is 0.407 e. The van der Waals surface area contributed by atoms with Gasteiger partial charge in [0.05, 0.1) is 0 Å². The molecule has 0 aliphatic carbocycles. The zero-order valence-electron chi connectivity index (χ0n) is 14.4. The van der Waals surface area contributed by atoms with Crippen LogP contribution in [0.15, 0.2) is 23.5 Å². The van der Waals surface area contributed by atoms with Gasteiger partial charge >= 0.3 is 6.09 Å². The van der Waals surface area contributed by atoms with E-state index in [2.05, 4.69) is 26.0 Å². The van der Waals surface area contributed by atoms with Crippen molar-refractivity contribution in [3.63, 3.8) is 0 Å². The Labute approximate surface area is 137 Å². The number of amides is 1. The third-order valence-electron chi connectivity index (χ3n) is 2.72. The highest BCUT2D eigenvalue weighted by atomic mass is 16.6. The van der Waals surface area contributed by atoms with Gasteiger partial charge in [-0.2, -0.15) is 5.10 Å². The lowest BCUT2D eigenvalue weighted by atomic mass is 10.2. The molecule has 0 aliphatic heterocycles. The number of rotatable bonds is 7. The smallest absolute Gasteiger partial charge is 0.407 e. The molecule has 8 heteroatoms. The molecule has 0 saturated carbocycles. The van der Waals surface area contributed by atoms with E-state index in [1.165, 1.54) is 0 Å². The molecule has 1 rings (SSSR count). The van der Waals surface area contributed by atoms with Crippen molar-refractivity contribution < 1.29 is 9.53 Å².